The van der Waals surface area contributed by atoms with Crippen LogP contribution in [0.5, 0.6) is 11.5 Å². The zero-order chi connectivity index (χ0) is 20.2. The van der Waals surface area contributed by atoms with Crippen LogP contribution in [0.3, 0.4) is 0 Å². The molecule has 0 atom stereocenters. The van der Waals surface area contributed by atoms with Crippen molar-refractivity contribution in [2.24, 2.45) is 0 Å². The van der Waals surface area contributed by atoms with Crippen molar-refractivity contribution >= 4 is 0 Å². The number of piperidine rings is 1. The first-order valence-electron chi connectivity index (χ1n) is 9.95. The van der Waals surface area contributed by atoms with Gasteiger partial charge in [0.15, 0.2) is 0 Å². The number of hydrogen-bond acceptors (Lipinski definition) is 4. The minimum Gasteiger partial charge on any atom is -0.457 e. The van der Waals surface area contributed by atoms with Gasteiger partial charge in [-0.05, 0) is 49.6 Å². The van der Waals surface area contributed by atoms with Crippen molar-refractivity contribution in [3.05, 3.63) is 92.8 Å². The zero-order valence-electron chi connectivity index (χ0n) is 16.5. The molecule has 1 fully saturated rings. The topological polar surface area (TPSA) is 67.3 Å². The van der Waals surface area contributed by atoms with Gasteiger partial charge in [-0.2, -0.15) is 0 Å². The predicted molar refractivity (Wildman–Crippen MR) is 113 cm³/mol. The summed E-state index contributed by atoms with van der Waals surface area (Å²) in [6.07, 6.45) is 3.47. The van der Waals surface area contributed by atoms with Crippen LogP contribution in [-0.4, -0.2) is 27.5 Å². The molecule has 1 aliphatic rings. The van der Waals surface area contributed by atoms with E-state index in [-0.39, 0.29) is 17.3 Å². The number of hydrogen-bond donors (Lipinski definition) is 1. The van der Waals surface area contributed by atoms with Gasteiger partial charge < -0.3 is 4.74 Å². The highest BCUT2D eigenvalue weighted by atomic mass is 16.5. The fourth-order valence-corrected chi connectivity index (χ4v) is 3.76. The van der Waals surface area contributed by atoms with E-state index in [1.807, 2.05) is 42.5 Å². The van der Waals surface area contributed by atoms with Crippen molar-refractivity contribution < 1.29 is 4.74 Å². The molecule has 0 bridgehead atoms. The fraction of sp³-hybridized carbons (Fsp3) is 0.304. The molecule has 6 heteroatoms. The smallest absolute Gasteiger partial charge is 0.328 e. The van der Waals surface area contributed by atoms with Crippen molar-refractivity contribution in [1.82, 2.24) is 14.5 Å². The van der Waals surface area contributed by atoms with E-state index in [0.717, 1.165) is 44.0 Å². The lowest BCUT2D eigenvalue weighted by molar-refractivity contribution is 0.177. The van der Waals surface area contributed by atoms with Gasteiger partial charge in [0.1, 0.15) is 11.5 Å². The molecule has 150 valence electrons. The van der Waals surface area contributed by atoms with Crippen molar-refractivity contribution in [1.29, 1.82) is 0 Å². The molecule has 0 unspecified atom stereocenters. The molecule has 2 aromatic carbocycles. The van der Waals surface area contributed by atoms with E-state index in [4.69, 9.17) is 4.74 Å². The summed E-state index contributed by atoms with van der Waals surface area (Å²) in [4.78, 5) is 28.5. The van der Waals surface area contributed by atoms with E-state index in [2.05, 4.69) is 22.0 Å². The number of aryl methyl sites for hydroxylation is 1. The van der Waals surface area contributed by atoms with E-state index in [1.54, 1.807) is 17.7 Å². The second kappa shape index (κ2) is 8.49. The molecule has 29 heavy (non-hydrogen) atoms. The zero-order valence-corrected chi connectivity index (χ0v) is 16.5. The number of aromatic amines is 1. The molecule has 1 aliphatic heterocycles. The Kier molecular flexibility index (Phi) is 5.62. The number of likely N-dealkylation sites (tertiary alicyclic amines) is 1. The third-order valence-corrected chi connectivity index (χ3v) is 5.40. The fourth-order valence-electron chi connectivity index (χ4n) is 3.76. The highest BCUT2D eigenvalue weighted by Gasteiger charge is 2.21. The number of ether oxygens (including phenoxy) is 1. The van der Waals surface area contributed by atoms with Crippen LogP contribution in [0.25, 0.3) is 0 Å². The Morgan fingerprint density at radius 3 is 2.31 bits per heavy atom. The van der Waals surface area contributed by atoms with Gasteiger partial charge in [-0.15, -0.1) is 0 Å². The molecule has 0 aliphatic carbocycles. The quantitative estimate of drug-likeness (QED) is 0.723. The maximum absolute atomic E-state index is 12.1. The van der Waals surface area contributed by atoms with Gasteiger partial charge in [-0.25, -0.2) is 4.79 Å². The summed E-state index contributed by atoms with van der Waals surface area (Å²) in [5.41, 5.74) is 1.20. The summed E-state index contributed by atoms with van der Waals surface area (Å²) in [7, 11) is 0. The molecule has 4 rings (SSSR count). The molecule has 6 nitrogen and oxygen atoms in total. The summed E-state index contributed by atoms with van der Waals surface area (Å²) >= 11 is 0. The Balaban J connectivity index is 1.33. The number of nitrogens with one attached hydrogen (secondary N) is 1. The van der Waals surface area contributed by atoms with Crippen LogP contribution in [0.4, 0.5) is 0 Å². The minimum atomic E-state index is -0.312. The van der Waals surface area contributed by atoms with Gasteiger partial charge in [0.2, 0.25) is 0 Å². The Bertz CT molecular complexity index is 1060. The monoisotopic (exact) mass is 391 g/mol. The van der Waals surface area contributed by atoms with E-state index < -0.39 is 0 Å². The number of para-hydroxylation sites is 1. The van der Waals surface area contributed by atoms with E-state index >= 15 is 0 Å². The van der Waals surface area contributed by atoms with Gasteiger partial charge in [-0.3, -0.25) is 19.2 Å². The first-order valence-corrected chi connectivity index (χ1v) is 9.95. The first kappa shape index (κ1) is 19.2. The second-order valence-electron chi connectivity index (χ2n) is 7.55. The van der Waals surface area contributed by atoms with Crippen molar-refractivity contribution in [2.75, 3.05) is 13.1 Å². The number of aromatic nitrogens is 2. The lowest BCUT2D eigenvalue weighted by Gasteiger charge is -2.32. The summed E-state index contributed by atoms with van der Waals surface area (Å²) in [6, 6.07) is 18.1. The standard InChI is InChI=1S/C23H25N3O3/c1-17-15-26(23(28)24-22(17)27)19-11-13-25(14-12-19)16-18-7-9-21(10-8-18)29-20-5-3-2-4-6-20/h2-10,15,19H,11-14,16H2,1H3,(H,24,27,28). The number of H-pyrrole nitrogens is 1. The SMILES string of the molecule is Cc1cn(C2CCN(Cc3ccc(Oc4ccccc4)cc3)CC2)c(=O)[nH]c1=O. The van der Waals surface area contributed by atoms with Crippen LogP contribution in [0.15, 0.2) is 70.4 Å². The average Bonchev–Trinajstić information content (AvgIpc) is 2.74. The van der Waals surface area contributed by atoms with Crippen LogP contribution in [-0.2, 0) is 6.54 Å². The summed E-state index contributed by atoms with van der Waals surface area (Å²) in [5.74, 6) is 1.65. The molecule has 2 heterocycles. The lowest BCUT2D eigenvalue weighted by Crippen LogP contribution is -2.39. The van der Waals surface area contributed by atoms with Gasteiger partial charge in [0.25, 0.3) is 5.56 Å². The van der Waals surface area contributed by atoms with Crippen LogP contribution < -0.4 is 16.0 Å². The molecule has 0 spiro atoms. The van der Waals surface area contributed by atoms with E-state index in [9.17, 15) is 9.59 Å². The lowest BCUT2D eigenvalue weighted by atomic mass is 10.0. The molecular formula is C23H25N3O3. The van der Waals surface area contributed by atoms with Crippen LogP contribution in [0, 0.1) is 6.92 Å². The molecule has 1 aromatic heterocycles. The van der Waals surface area contributed by atoms with Gasteiger partial charge >= 0.3 is 5.69 Å². The molecule has 0 amide bonds. The van der Waals surface area contributed by atoms with Crippen molar-refractivity contribution in [3.63, 3.8) is 0 Å². The summed E-state index contributed by atoms with van der Waals surface area (Å²) in [5, 5.41) is 0. The van der Waals surface area contributed by atoms with Gasteiger partial charge in [0, 0.05) is 37.4 Å². The number of rotatable bonds is 5. The molecule has 3 aromatic rings. The molecule has 1 saturated heterocycles. The maximum atomic E-state index is 12.1. The van der Waals surface area contributed by atoms with Crippen molar-refractivity contribution in [2.45, 2.75) is 32.4 Å². The minimum absolute atomic E-state index is 0.135. The number of nitrogens with zero attached hydrogens (tertiary/aromatic N) is 2. The van der Waals surface area contributed by atoms with Crippen molar-refractivity contribution in [3.8, 4) is 11.5 Å². The first-order chi connectivity index (χ1) is 14.1. The Labute approximate surface area is 169 Å². The summed E-state index contributed by atoms with van der Waals surface area (Å²) < 4.78 is 7.53. The van der Waals surface area contributed by atoms with E-state index in [0.29, 0.717) is 5.56 Å². The van der Waals surface area contributed by atoms with Crippen LogP contribution >= 0.6 is 0 Å². The second-order valence-corrected chi connectivity index (χ2v) is 7.55. The Morgan fingerprint density at radius 2 is 1.62 bits per heavy atom. The predicted octanol–water partition coefficient (Wildman–Crippen LogP) is 3.47. The van der Waals surface area contributed by atoms with Crippen LogP contribution in [0.2, 0.25) is 0 Å². The van der Waals surface area contributed by atoms with E-state index in [1.165, 1.54) is 5.56 Å². The highest BCUT2D eigenvalue weighted by molar-refractivity contribution is 5.32. The Morgan fingerprint density at radius 1 is 0.966 bits per heavy atom. The molecule has 0 radical (unpaired) electrons. The Hall–Kier alpha value is -3.12. The average molecular weight is 391 g/mol. The number of benzene rings is 2. The molecule has 0 saturated carbocycles. The maximum Gasteiger partial charge on any atom is 0.328 e. The third-order valence-electron chi connectivity index (χ3n) is 5.40. The largest absolute Gasteiger partial charge is 0.457 e. The molecule has 1 N–H and O–H groups in total. The molecular weight excluding hydrogens is 366 g/mol. The van der Waals surface area contributed by atoms with Gasteiger partial charge in [-0.1, -0.05) is 30.3 Å². The summed E-state index contributed by atoms with van der Waals surface area (Å²) in [6.45, 7) is 4.43. The third kappa shape index (κ3) is 4.66. The van der Waals surface area contributed by atoms with Crippen LogP contribution in [0.1, 0.15) is 30.0 Å². The van der Waals surface area contributed by atoms with Gasteiger partial charge in [0.05, 0.1) is 0 Å². The normalized spacial score (nSPS) is 15.3. The highest BCUT2D eigenvalue weighted by Crippen LogP contribution is 2.24.